The van der Waals surface area contributed by atoms with Crippen molar-refractivity contribution in [3.8, 4) is 23.8 Å². The van der Waals surface area contributed by atoms with Crippen LogP contribution in [0.1, 0.15) is 37.7 Å². The molecule has 0 aliphatic carbocycles. The van der Waals surface area contributed by atoms with Crippen molar-refractivity contribution in [2.24, 2.45) is 0 Å². The first kappa shape index (κ1) is 11.9. The number of fused-ring (bicyclic) bond motifs is 1. The van der Waals surface area contributed by atoms with Crippen LogP contribution in [0.5, 0.6) is 11.5 Å². The van der Waals surface area contributed by atoms with E-state index in [0.717, 1.165) is 30.8 Å². The minimum atomic E-state index is 0.352. The highest BCUT2D eigenvalue weighted by Crippen LogP contribution is 2.32. The molecule has 17 heavy (non-hydrogen) atoms. The molecule has 2 heteroatoms. The molecule has 1 heterocycles. The van der Waals surface area contributed by atoms with Gasteiger partial charge in [-0.2, -0.15) is 0 Å². The first-order valence-electron chi connectivity index (χ1n) is 6.22. The van der Waals surface area contributed by atoms with E-state index in [9.17, 15) is 0 Å². The van der Waals surface area contributed by atoms with Crippen molar-refractivity contribution in [2.75, 3.05) is 6.79 Å². The van der Waals surface area contributed by atoms with Crippen LogP contribution < -0.4 is 9.47 Å². The molecule has 0 saturated carbocycles. The van der Waals surface area contributed by atoms with Crippen molar-refractivity contribution in [1.82, 2.24) is 0 Å². The lowest BCUT2D eigenvalue weighted by molar-refractivity contribution is 0.174. The monoisotopic (exact) mass is 230 g/mol. The maximum Gasteiger partial charge on any atom is 0.231 e. The molecule has 90 valence electrons. The Hall–Kier alpha value is -1.62. The Labute approximate surface area is 103 Å². The zero-order chi connectivity index (χ0) is 11.9. The first-order chi connectivity index (χ1) is 8.40. The van der Waals surface area contributed by atoms with E-state index < -0.39 is 0 Å². The number of rotatable bonds is 6. The minimum absolute atomic E-state index is 0.352. The van der Waals surface area contributed by atoms with Gasteiger partial charge in [0, 0.05) is 6.42 Å². The average Bonchev–Trinajstić information content (AvgIpc) is 2.81. The van der Waals surface area contributed by atoms with Gasteiger partial charge in [0.05, 0.1) is 0 Å². The summed E-state index contributed by atoms with van der Waals surface area (Å²) in [6.07, 6.45) is 12.1. The third-order valence-electron chi connectivity index (χ3n) is 2.97. The summed E-state index contributed by atoms with van der Waals surface area (Å²) < 4.78 is 10.6. The fourth-order valence-electron chi connectivity index (χ4n) is 2.01. The van der Waals surface area contributed by atoms with E-state index in [1.807, 2.05) is 6.07 Å². The summed E-state index contributed by atoms with van der Waals surface area (Å²) in [7, 11) is 0. The lowest BCUT2D eigenvalue weighted by atomic mass is 10.1. The Balaban J connectivity index is 1.71. The van der Waals surface area contributed by atoms with Gasteiger partial charge in [0.25, 0.3) is 0 Å². The summed E-state index contributed by atoms with van der Waals surface area (Å²) in [5, 5.41) is 0. The molecule has 0 spiro atoms. The Kier molecular flexibility index (Phi) is 4.32. The van der Waals surface area contributed by atoms with E-state index in [4.69, 9.17) is 15.9 Å². The lowest BCUT2D eigenvalue weighted by Crippen LogP contribution is -1.93. The van der Waals surface area contributed by atoms with Crippen molar-refractivity contribution in [3.05, 3.63) is 23.8 Å². The predicted molar refractivity (Wildman–Crippen MR) is 68.2 cm³/mol. The normalized spacial score (nSPS) is 12.4. The van der Waals surface area contributed by atoms with Gasteiger partial charge in [0.1, 0.15) is 0 Å². The van der Waals surface area contributed by atoms with E-state index in [1.54, 1.807) is 0 Å². The summed E-state index contributed by atoms with van der Waals surface area (Å²) >= 11 is 0. The number of aryl methyl sites for hydroxylation is 1. The molecular weight excluding hydrogens is 212 g/mol. The quantitative estimate of drug-likeness (QED) is 0.549. The van der Waals surface area contributed by atoms with Gasteiger partial charge in [-0.3, -0.25) is 0 Å². The van der Waals surface area contributed by atoms with E-state index in [-0.39, 0.29) is 0 Å². The fraction of sp³-hybridized carbons (Fsp3) is 0.467. The van der Waals surface area contributed by atoms with Crippen molar-refractivity contribution in [1.29, 1.82) is 0 Å². The molecule has 1 aromatic carbocycles. The van der Waals surface area contributed by atoms with E-state index in [2.05, 4.69) is 18.1 Å². The topological polar surface area (TPSA) is 18.5 Å². The molecule has 2 rings (SSSR count). The Morgan fingerprint density at radius 1 is 1.06 bits per heavy atom. The lowest BCUT2D eigenvalue weighted by Gasteiger charge is -2.03. The van der Waals surface area contributed by atoms with Crippen LogP contribution in [0.25, 0.3) is 0 Å². The molecule has 0 unspecified atom stereocenters. The third kappa shape index (κ3) is 3.42. The van der Waals surface area contributed by atoms with Gasteiger partial charge in [0.15, 0.2) is 11.5 Å². The van der Waals surface area contributed by atoms with E-state index >= 15 is 0 Å². The maximum absolute atomic E-state index is 5.35. The molecule has 0 aromatic heterocycles. The molecule has 0 atom stereocenters. The SMILES string of the molecule is C#CCCCCCCc1ccc2c(c1)OCO2. The van der Waals surface area contributed by atoms with Crippen LogP contribution in [0, 0.1) is 12.3 Å². The van der Waals surface area contributed by atoms with E-state index in [0.29, 0.717) is 6.79 Å². The summed E-state index contributed by atoms with van der Waals surface area (Å²) in [5.74, 6) is 4.42. The highest BCUT2D eigenvalue weighted by Gasteiger charge is 2.12. The van der Waals surface area contributed by atoms with Gasteiger partial charge >= 0.3 is 0 Å². The highest BCUT2D eigenvalue weighted by molar-refractivity contribution is 5.44. The van der Waals surface area contributed by atoms with Gasteiger partial charge in [-0.25, -0.2) is 0 Å². The van der Waals surface area contributed by atoms with Crippen LogP contribution in [-0.4, -0.2) is 6.79 Å². The average molecular weight is 230 g/mol. The number of unbranched alkanes of at least 4 members (excludes halogenated alkanes) is 4. The molecule has 1 aliphatic rings. The van der Waals surface area contributed by atoms with Crippen molar-refractivity contribution >= 4 is 0 Å². The van der Waals surface area contributed by atoms with Crippen LogP contribution in [-0.2, 0) is 6.42 Å². The van der Waals surface area contributed by atoms with Crippen molar-refractivity contribution < 1.29 is 9.47 Å². The molecule has 0 saturated heterocycles. The Morgan fingerprint density at radius 3 is 2.76 bits per heavy atom. The Morgan fingerprint density at radius 2 is 1.88 bits per heavy atom. The van der Waals surface area contributed by atoms with Crippen LogP contribution >= 0.6 is 0 Å². The maximum atomic E-state index is 5.35. The fourth-order valence-corrected chi connectivity index (χ4v) is 2.01. The summed E-state index contributed by atoms with van der Waals surface area (Å²) in [4.78, 5) is 0. The zero-order valence-corrected chi connectivity index (χ0v) is 10.1. The number of benzene rings is 1. The minimum Gasteiger partial charge on any atom is -0.454 e. The van der Waals surface area contributed by atoms with Crippen LogP contribution in [0.3, 0.4) is 0 Å². The van der Waals surface area contributed by atoms with Crippen molar-refractivity contribution in [2.45, 2.75) is 38.5 Å². The molecule has 1 aromatic rings. The smallest absolute Gasteiger partial charge is 0.231 e. The molecule has 0 N–H and O–H groups in total. The molecule has 0 radical (unpaired) electrons. The first-order valence-corrected chi connectivity index (χ1v) is 6.22. The van der Waals surface area contributed by atoms with Gasteiger partial charge in [0.2, 0.25) is 6.79 Å². The number of hydrogen-bond donors (Lipinski definition) is 0. The number of ether oxygens (including phenoxy) is 2. The highest BCUT2D eigenvalue weighted by atomic mass is 16.7. The summed E-state index contributed by atoms with van der Waals surface area (Å²) in [6.45, 7) is 0.352. The van der Waals surface area contributed by atoms with E-state index in [1.165, 1.54) is 24.8 Å². The van der Waals surface area contributed by atoms with Crippen molar-refractivity contribution in [3.63, 3.8) is 0 Å². The second-order valence-electron chi connectivity index (χ2n) is 4.31. The molecular formula is C15H18O2. The van der Waals surface area contributed by atoms with Crippen LogP contribution in [0.2, 0.25) is 0 Å². The number of terminal acetylenes is 1. The molecule has 0 bridgehead atoms. The summed E-state index contributed by atoms with van der Waals surface area (Å²) in [6, 6.07) is 6.20. The van der Waals surface area contributed by atoms with Gasteiger partial charge < -0.3 is 9.47 Å². The summed E-state index contributed by atoms with van der Waals surface area (Å²) in [5.41, 5.74) is 1.33. The zero-order valence-electron chi connectivity index (χ0n) is 10.1. The largest absolute Gasteiger partial charge is 0.454 e. The predicted octanol–water partition coefficient (Wildman–Crippen LogP) is 3.54. The molecule has 1 aliphatic heterocycles. The molecule has 2 nitrogen and oxygen atoms in total. The standard InChI is InChI=1S/C15H18O2/c1-2-3-4-5-6-7-8-13-9-10-14-15(11-13)17-12-16-14/h1,9-11H,3-8,12H2. The molecule has 0 amide bonds. The van der Waals surface area contributed by atoms with Crippen LogP contribution in [0.4, 0.5) is 0 Å². The second-order valence-corrected chi connectivity index (χ2v) is 4.31. The van der Waals surface area contributed by atoms with Gasteiger partial charge in [-0.05, 0) is 37.0 Å². The van der Waals surface area contributed by atoms with Gasteiger partial charge in [-0.15, -0.1) is 12.3 Å². The van der Waals surface area contributed by atoms with Crippen LogP contribution in [0.15, 0.2) is 18.2 Å². The number of hydrogen-bond acceptors (Lipinski definition) is 2. The third-order valence-corrected chi connectivity index (χ3v) is 2.97. The van der Waals surface area contributed by atoms with Gasteiger partial charge in [-0.1, -0.05) is 18.9 Å². The second kappa shape index (κ2) is 6.20. The molecule has 0 fully saturated rings. The Bertz CT molecular complexity index is 404.